The van der Waals surface area contributed by atoms with Gasteiger partial charge in [-0.1, -0.05) is 11.3 Å². The van der Waals surface area contributed by atoms with Crippen molar-refractivity contribution in [3.05, 3.63) is 10.0 Å². The largest absolute Gasteiger partial charge is 0.337 e. The highest BCUT2D eigenvalue weighted by atomic mass is 32.1. The number of nitrogens with zero attached hydrogens (tertiary/aromatic N) is 3. The van der Waals surface area contributed by atoms with Crippen LogP contribution in [0.1, 0.15) is 27.7 Å². The molecule has 0 radical (unpaired) electrons. The summed E-state index contributed by atoms with van der Waals surface area (Å²) in [7, 11) is 0. The van der Waals surface area contributed by atoms with E-state index in [4.69, 9.17) is 0 Å². The monoisotopic (exact) mass is 197 g/mol. The van der Waals surface area contributed by atoms with E-state index >= 15 is 0 Å². The molecule has 0 aromatic carbocycles. The Morgan fingerprint density at radius 1 is 1.38 bits per heavy atom. The minimum Gasteiger partial charge on any atom is -0.337 e. The van der Waals surface area contributed by atoms with Crippen LogP contribution in [0, 0.1) is 6.92 Å². The van der Waals surface area contributed by atoms with Gasteiger partial charge >= 0.3 is 0 Å². The third kappa shape index (κ3) is 1.70. The second-order valence-electron chi connectivity index (χ2n) is 3.13. The van der Waals surface area contributed by atoms with E-state index in [-0.39, 0.29) is 5.91 Å². The molecule has 13 heavy (non-hydrogen) atoms. The molecule has 2 heterocycles. The number of hydrogen-bond acceptors (Lipinski definition) is 4. The van der Waals surface area contributed by atoms with Crippen LogP contribution in [-0.4, -0.2) is 34.1 Å². The molecule has 70 valence electrons. The molecule has 0 saturated carbocycles. The molecule has 0 N–H and O–H groups in total. The van der Waals surface area contributed by atoms with Gasteiger partial charge in [0.1, 0.15) is 5.01 Å². The van der Waals surface area contributed by atoms with Gasteiger partial charge in [-0.2, -0.15) is 0 Å². The van der Waals surface area contributed by atoms with E-state index in [0.717, 1.165) is 30.9 Å². The van der Waals surface area contributed by atoms with Crippen LogP contribution in [0.3, 0.4) is 0 Å². The second kappa shape index (κ2) is 3.41. The fraction of sp³-hybridized carbons (Fsp3) is 0.625. The van der Waals surface area contributed by atoms with Crippen molar-refractivity contribution in [1.82, 2.24) is 15.1 Å². The van der Waals surface area contributed by atoms with Crippen molar-refractivity contribution < 1.29 is 4.79 Å². The van der Waals surface area contributed by atoms with Crippen LogP contribution in [0.5, 0.6) is 0 Å². The topological polar surface area (TPSA) is 46.1 Å². The molecule has 1 fully saturated rings. The molecule has 1 saturated heterocycles. The van der Waals surface area contributed by atoms with Crippen LogP contribution in [0.15, 0.2) is 0 Å². The van der Waals surface area contributed by atoms with E-state index in [1.165, 1.54) is 11.3 Å². The van der Waals surface area contributed by atoms with E-state index in [0.29, 0.717) is 5.01 Å². The van der Waals surface area contributed by atoms with E-state index in [9.17, 15) is 4.79 Å². The van der Waals surface area contributed by atoms with Crippen LogP contribution < -0.4 is 0 Å². The molecule has 1 aliphatic heterocycles. The Bertz CT molecular complexity index is 317. The Balaban J connectivity index is 2.12. The van der Waals surface area contributed by atoms with Gasteiger partial charge in [0.15, 0.2) is 0 Å². The van der Waals surface area contributed by atoms with Gasteiger partial charge in [0.05, 0.1) is 0 Å². The molecule has 2 rings (SSSR count). The average Bonchev–Trinajstić information content (AvgIpc) is 2.72. The molecule has 0 atom stereocenters. The summed E-state index contributed by atoms with van der Waals surface area (Å²) in [6, 6.07) is 0. The number of aryl methyl sites for hydroxylation is 1. The summed E-state index contributed by atoms with van der Waals surface area (Å²) in [5.74, 6) is 0.0445. The number of aromatic nitrogens is 2. The van der Waals surface area contributed by atoms with Crippen LogP contribution >= 0.6 is 11.3 Å². The SMILES string of the molecule is Cc1nnc(C(=O)N2CCCC2)s1. The minimum atomic E-state index is 0.0445. The van der Waals surface area contributed by atoms with E-state index in [1.807, 2.05) is 11.8 Å². The van der Waals surface area contributed by atoms with Gasteiger partial charge in [-0.3, -0.25) is 4.79 Å². The molecule has 1 aromatic rings. The molecular weight excluding hydrogens is 186 g/mol. The molecule has 1 aliphatic rings. The smallest absolute Gasteiger partial charge is 0.284 e. The maximum atomic E-state index is 11.7. The number of rotatable bonds is 1. The van der Waals surface area contributed by atoms with Gasteiger partial charge in [0, 0.05) is 13.1 Å². The summed E-state index contributed by atoms with van der Waals surface area (Å²) in [6.07, 6.45) is 2.23. The van der Waals surface area contributed by atoms with Crippen LogP contribution in [-0.2, 0) is 0 Å². The summed E-state index contributed by atoms with van der Waals surface area (Å²) >= 11 is 1.37. The number of amides is 1. The molecule has 1 amide bonds. The summed E-state index contributed by atoms with van der Waals surface area (Å²) in [4.78, 5) is 13.5. The molecule has 1 aromatic heterocycles. The zero-order valence-corrected chi connectivity index (χ0v) is 8.30. The van der Waals surface area contributed by atoms with Gasteiger partial charge in [-0.15, -0.1) is 10.2 Å². The molecule has 0 bridgehead atoms. The molecule has 0 unspecified atom stereocenters. The normalized spacial score (nSPS) is 16.5. The Morgan fingerprint density at radius 2 is 2.08 bits per heavy atom. The predicted octanol–water partition coefficient (Wildman–Crippen LogP) is 1.08. The molecule has 5 heteroatoms. The van der Waals surface area contributed by atoms with Gasteiger partial charge in [0.25, 0.3) is 5.91 Å². The Morgan fingerprint density at radius 3 is 2.62 bits per heavy atom. The lowest BCUT2D eigenvalue weighted by molar-refractivity contribution is 0.0791. The van der Waals surface area contributed by atoms with Crippen molar-refractivity contribution in [3.63, 3.8) is 0 Å². The first-order valence-corrected chi connectivity index (χ1v) is 5.18. The lowest BCUT2D eigenvalue weighted by atomic mass is 10.4. The van der Waals surface area contributed by atoms with Gasteiger partial charge < -0.3 is 4.90 Å². The van der Waals surface area contributed by atoms with Gasteiger partial charge in [0.2, 0.25) is 5.01 Å². The average molecular weight is 197 g/mol. The van der Waals surface area contributed by atoms with Crippen LogP contribution in [0.2, 0.25) is 0 Å². The quantitative estimate of drug-likeness (QED) is 0.677. The van der Waals surface area contributed by atoms with Gasteiger partial charge in [-0.05, 0) is 19.8 Å². The lowest BCUT2D eigenvalue weighted by Crippen LogP contribution is -2.27. The van der Waals surface area contributed by atoms with E-state index in [2.05, 4.69) is 10.2 Å². The van der Waals surface area contributed by atoms with Gasteiger partial charge in [-0.25, -0.2) is 0 Å². The molecule has 0 spiro atoms. The second-order valence-corrected chi connectivity index (χ2v) is 4.31. The fourth-order valence-electron chi connectivity index (χ4n) is 1.44. The summed E-state index contributed by atoms with van der Waals surface area (Å²) < 4.78 is 0. The van der Waals surface area contributed by atoms with Crippen molar-refractivity contribution in [3.8, 4) is 0 Å². The van der Waals surface area contributed by atoms with Crippen LogP contribution in [0.4, 0.5) is 0 Å². The van der Waals surface area contributed by atoms with Crippen molar-refractivity contribution in [2.75, 3.05) is 13.1 Å². The van der Waals surface area contributed by atoms with Crippen molar-refractivity contribution >= 4 is 17.2 Å². The third-order valence-electron chi connectivity index (χ3n) is 2.10. The first-order valence-electron chi connectivity index (χ1n) is 4.37. The first-order chi connectivity index (χ1) is 6.27. The highest BCUT2D eigenvalue weighted by Gasteiger charge is 2.22. The maximum Gasteiger partial charge on any atom is 0.284 e. The molecular formula is C8H11N3OS. The van der Waals surface area contributed by atoms with Crippen molar-refractivity contribution in [1.29, 1.82) is 0 Å². The minimum absolute atomic E-state index is 0.0445. The van der Waals surface area contributed by atoms with Crippen molar-refractivity contribution in [2.24, 2.45) is 0 Å². The zero-order valence-electron chi connectivity index (χ0n) is 7.49. The number of carbonyl (C=O) groups is 1. The summed E-state index contributed by atoms with van der Waals surface area (Å²) in [5, 5.41) is 9.04. The number of carbonyl (C=O) groups excluding carboxylic acids is 1. The molecule has 4 nitrogen and oxygen atoms in total. The standard InChI is InChI=1S/C8H11N3OS/c1-6-9-10-7(13-6)8(12)11-4-2-3-5-11/h2-5H2,1H3. The van der Waals surface area contributed by atoms with Crippen molar-refractivity contribution in [2.45, 2.75) is 19.8 Å². The number of likely N-dealkylation sites (tertiary alicyclic amines) is 1. The molecule has 0 aliphatic carbocycles. The Labute approximate surface area is 80.6 Å². The third-order valence-corrected chi connectivity index (χ3v) is 2.93. The number of hydrogen-bond donors (Lipinski definition) is 0. The summed E-state index contributed by atoms with van der Waals surface area (Å²) in [6.45, 7) is 3.60. The first kappa shape index (κ1) is 8.62. The highest BCUT2D eigenvalue weighted by Crippen LogP contribution is 2.15. The van der Waals surface area contributed by atoms with E-state index < -0.39 is 0 Å². The fourth-order valence-corrected chi connectivity index (χ4v) is 2.10. The maximum absolute atomic E-state index is 11.7. The van der Waals surface area contributed by atoms with Crippen LogP contribution in [0.25, 0.3) is 0 Å². The lowest BCUT2D eigenvalue weighted by Gasteiger charge is -2.11. The highest BCUT2D eigenvalue weighted by molar-refractivity contribution is 7.13. The summed E-state index contributed by atoms with van der Waals surface area (Å²) in [5.41, 5.74) is 0. The predicted molar refractivity (Wildman–Crippen MR) is 49.8 cm³/mol. The Kier molecular flexibility index (Phi) is 2.26. The Hall–Kier alpha value is -0.970. The zero-order chi connectivity index (χ0) is 9.26. The van der Waals surface area contributed by atoms with E-state index in [1.54, 1.807) is 0 Å².